The summed E-state index contributed by atoms with van der Waals surface area (Å²) in [7, 11) is 0. The summed E-state index contributed by atoms with van der Waals surface area (Å²) in [6, 6.07) is 0. The number of nitrogens with zero attached hydrogens (tertiary/aromatic N) is 3. The summed E-state index contributed by atoms with van der Waals surface area (Å²) in [5, 5.41) is 2.01. The summed E-state index contributed by atoms with van der Waals surface area (Å²) in [4.78, 5) is 8.20. The molecule has 0 unspecified atom stereocenters. The highest BCUT2D eigenvalue weighted by Gasteiger charge is 2.04. The highest BCUT2D eigenvalue weighted by Crippen LogP contribution is 2.10. The van der Waals surface area contributed by atoms with Gasteiger partial charge in [-0.3, -0.25) is 0 Å². The van der Waals surface area contributed by atoms with E-state index in [-0.39, 0.29) is 0 Å². The molecule has 2 aromatic rings. The summed E-state index contributed by atoms with van der Waals surface area (Å²) < 4.78 is 1.94. The van der Waals surface area contributed by atoms with E-state index in [0.717, 1.165) is 11.4 Å². The highest BCUT2D eigenvalue weighted by molar-refractivity contribution is 7.07. The van der Waals surface area contributed by atoms with E-state index in [9.17, 15) is 0 Å². The van der Waals surface area contributed by atoms with Gasteiger partial charge in [0.1, 0.15) is 0 Å². The van der Waals surface area contributed by atoms with Gasteiger partial charge in [-0.25, -0.2) is 9.97 Å². The average Bonchev–Trinajstić information content (AvgIpc) is 2.70. The van der Waals surface area contributed by atoms with Gasteiger partial charge in [-0.1, -0.05) is 0 Å². The van der Waals surface area contributed by atoms with Crippen LogP contribution in [0.4, 0.5) is 5.95 Å². The molecule has 0 amide bonds. The minimum Gasteiger partial charge on any atom is -0.369 e. The second-order valence-corrected chi connectivity index (χ2v) is 3.54. The zero-order valence-electron chi connectivity index (χ0n) is 7.27. The molecule has 0 atom stereocenters. The lowest BCUT2D eigenvalue weighted by atomic mass is 10.4. The van der Waals surface area contributed by atoms with Crippen LogP contribution in [0, 0.1) is 6.92 Å². The monoisotopic (exact) mass is 194 g/mol. The molecule has 2 rings (SSSR count). The van der Waals surface area contributed by atoms with Crippen molar-refractivity contribution in [1.29, 1.82) is 0 Å². The lowest BCUT2D eigenvalue weighted by Gasteiger charge is -2.03. The largest absolute Gasteiger partial charge is 0.369 e. The number of aromatic nitrogens is 3. The maximum atomic E-state index is 5.69. The molecular formula is C8H10N4S. The van der Waals surface area contributed by atoms with Crippen LogP contribution in [-0.4, -0.2) is 14.5 Å². The third-order valence-corrected chi connectivity index (χ3v) is 2.52. The highest BCUT2D eigenvalue weighted by atomic mass is 32.1. The number of aryl methyl sites for hydroxylation is 1. The Kier molecular flexibility index (Phi) is 2.02. The third kappa shape index (κ3) is 1.55. The molecule has 5 heteroatoms. The van der Waals surface area contributed by atoms with E-state index in [2.05, 4.69) is 9.97 Å². The lowest BCUT2D eigenvalue weighted by Crippen LogP contribution is -2.06. The van der Waals surface area contributed by atoms with Gasteiger partial charge in [0.2, 0.25) is 5.95 Å². The van der Waals surface area contributed by atoms with Crippen LogP contribution in [0.3, 0.4) is 0 Å². The molecule has 0 radical (unpaired) electrons. The standard InChI is InChI=1S/C8H10N4S/c1-6-2-10-8(9)12(6)3-7-4-13-5-11-7/h2,4-5H,3H2,1H3,(H2,9,10). The quantitative estimate of drug-likeness (QED) is 0.783. The topological polar surface area (TPSA) is 56.7 Å². The van der Waals surface area contributed by atoms with E-state index >= 15 is 0 Å². The molecule has 0 fully saturated rings. The van der Waals surface area contributed by atoms with Crippen LogP contribution in [0.5, 0.6) is 0 Å². The number of hydrogen-bond donors (Lipinski definition) is 1. The molecule has 2 aromatic heterocycles. The average molecular weight is 194 g/mol. The first-order valence-corrected chi connectivity index (χ1v) is 4.86. The molecule has 0 bridgehead atoms. The van der Waals surface area contributed by atoms with Crippen LogP contribution in [0.2, 0.25) is 0 Å². The van der Waals surface area contributed by atoms with Crippen molar-refractivity contribution >= 4 is 17.3 Å². The third-order valence-electron chi connectivity index (χ3n) is 1.89. The molecule has 13 heavy (non-hydrogen) atoms. The van der Waals surface area contributed by atoms with Crippen molar-refractivity contribution in [3.8, 4) is 0 Å². The van der Waals surface area contributed by atoms with E-state index in [1.807, 2.05) is 22.4 Å². The second kappa shape index (κ2) is 3.18. The van der Waals surface area contributed by atoms with Gasteiger partial charge in [0.05, 0.1) is 23.9 Å². The van der Waals surface area contributed by atoms with Crippen molar-refractivity contribution in [3.63, 3.8) is 0 Å². The van der Waals surface area contributed by atoms with Gasteiger partial charge in [0, 0.05) is 11.1 Å². The van der Waals surface area contributed by atoms with Gasteiger partial charge < -0.3 is 10.3 Å². The molecule has 68 valence electrons. The number of anilines is 1. The molecule has 0 saturated heterocycles. The lowest BCUT2D eigenvalue weighted by molar-refractivity contribution is 0.766. The summed E-state index contributed by atoms with van der Waals surface area (Å²) in [5.74, 6) is 0.547. The van der Waals surface area contributed by atoms with Crippen molar-refractivity contribution in [2.24, 2.45) is 0 Å². The van der Waals surface area contributed by atoms with Gasteiger partial charge in [0.15, 0.2) is 0 Å². The van der Waals surface area contributed by atoms with Crippen LogP contribution >= 0.6 is 11.3 Å². The van der Waals surface area contributed by atoms with Gasteiger partial charge in [-0.05, 0) is 6.92 Å². The van der Waals surface area contributed by atoms with Crippen molar-refractivity contribution in [2.45, 2.75) is 13.5 Å². The van der Waals surface area contributed by atoms with E-state index in [4.69, 9.17) is 5.73 Å². The van der Waals surface area contributed by atoms with Crippen LogP contribution in [0.25, 0.3) is 0 Å². The fraction of sp³-hybridized carbons (Fsp3) is 0.250. The van der Waals surface area contributed by atoms with Gasteiger partial charge in [0.25, 0.3) is 0 Å². The Hall–Kier alpha value is -1.36. The predicted molar refractivity (Wildman–Crippen MR) is 52.6 cm³/mol. The zero-order valence-corrected chi connectivity index (χ0v) is 8.08. The summed E-state index contributed by atoms with van der Waals surface area (Å²) in [6.45, 7) is 2.69. The minimum absolute atomic E-state index is 0.547. The SMILES string of the molecule is Cc1cnc(N)n1Cc1cscn1. The fourth-order valence-corrected chi connectivity index (χ4v) is 1.71. The molecule has 0 spiro atoms. The molecule has 2 N–H and O–H groups in total. The summed E-state index contributed by atoms with van der Waals surface area (Å²) in [5.41, 5.74) is 9.59. The smallest absolute Gasteiger partial charge is 0.200 e. The molecule has 4 nitrogen and oxygen atoms in total. The molecule has 0 aliphatic heterocycles. The molecule has 0 saturated carbocycles. The maximum absolute atomic E-state index is 5.69. The van der Waals surface area contributed by atoms with E-state index in [0.29, 0.717) is 12.5 Å². The normalized spacial score (nSPS) is 10.5. The Morgan fingerprint density at radius 3 is 2.92 bits per heavy atom. The van der Waals surface area contributed by atoms with Crippen LogP contribution in [-0.2, 0) is 6.54 Å². The Bertz CT molecular complexity index is 371. The molecule has 2 heterocycles. The van der Waals surface area contributed by atoms with E-state index in [1.54, 1.807) is 17.5 Å². The second-order valence-electron chi connectivity index (χ2n) is 2.82. The Balaban J connectivity index is 2.27. The molecule has 0 aliphatic rings. The minimum atomic E-state index is 0.547. The van der Waals surface area contributed by atoms with Crippen molar-refractivity contribution in [3.05, 3.63) is 28.5 Å². The van der Waals surface area contributed by atoms with Crippen molar-refractivity contribution in [2.75, 3.05) is 5.73 Å². The number of rotatable bonds is 2. The fourth-order valence-electron chi connectivity index (χ4n) is 1.16. The number of thiazole rings is 1. The zero-order chi connectivity index (χ0) is 9.26. The first-order chi connectivity index (χ1) is 6.27. The van der Waals surface area contributed by atoms with Gasteiger partial charge >= 0.3 is 0 Å². The van der Waals surface area contributed by atoms with Crippen molar-refractivity contribution in [1.82, 2.24) is 14.5 Å². The Morgan fingerprint density at radius 2 is 2.38 bits per heavy atom. The first kappa shape index (κ1) is 8.25. The maximum Gasteiger partial charge on any atom is 0.200 e. The van der Waals surface area contributed by atoms with E-state index < -0.39 is 0 Å². The Morgan fingerprint density at radius 1 is 1.54 bits per heavy atom. The predicted octanol–water partition coefficient (Wildman–Crippen LogP) is 1.28. The van der Waals surface area contributed by atoms with Crippen LogP contribution in [0.1, 0.15) is 11.4 Å². The number of nitrogen functional groups attached to an aromatic ring is 1. The number of hydrogen-bond acceptors (Lipinski definition) is 4. The first-order valence-electron chi connectivity index (χ1n) is 3.92. The van der Waals surface area contributed by atoms with Crippen LogP contribution < -0.4 is 5.73 Å². The summed E-state index contributed by atoms with van der Waals surface area (Å²) in [6.07, 6.45) is 1.77. The van der Waals surface area contributed by atoms with Crippen molar-refractivity contribution < 1.29 is 0 Å². The molecule has 0 aromatic carbocycles. The van der Waals surface area contributed by atoms with Crippen LogP contribution in [0.15, 0.2) is 17.1 Å². The number of nitrogens with two attached hydrogens (primary N) is 1. The van der Waals surface area contributed by atoms with E-state index in [1.165, 1.54) is 0 Å². The van der Waals surface area contributed by atoms with Gasteiger partial charge in [-0.15, -0.1) is 11.3 Å². The molecule has 0 aliphatic carbocycles. The Labute approximate surface area is 80.1 Å². The van der Waals surface area contributed by atoms with Gasteiger partial charge in [-0.2, -0.15) is 0 Å². The summed E-state index contributed by atoms with van der Waals surface area (Å²) >= 11 is 1.59. The number of imidazole rings is 1. The molecular weight excluding hydrogens is 184 g/mol.